The molecule has 0 spiro atoms. The molecule has 2 N–H and O–H groups in total. The van der Waals surface area contributed by atoms with Gasteiger partial charge < -0.3 is 19.7 Å². The third-order valence-electron chi connectivity index (χ3n) is 12.4. The van der Waals surface area contributed by atoms with Crippen LogP contribution < -0.4 is 0 Å². The van der Waals surface area contributed by atoms with Crippen LogP contribution in [-0.2, 0) is 28.7 Å². The number of aliphatic hydroxyl groups is 2. The van der Waals surface area contributed by atoms with Crippen LogP contribution in [0.3, 0.4) is 0 Å². The third kappa shape index (κ3) is 8.39. The van der Waals surface area contributed by atoms with Crippen LogP contribution in [0.5, 0.6) is 0 Å². The van der Waals surface area contributed by atoms with Crippen LogP contribution in [0.15, 0.2) is 34.9 Å². The predicted molar refractivity (Wildman–Crippen MR) is 189 cm³/mol. The van der Waals surface area contributed by atoms with Crippen molar-refractivity contribution in [1.29, 1.82) is 0 Å². The second kappa shape index (κ2) is 15.9. The zero-order valence-corrected chi connectivity index (χ0v) is 31.3. The van der Waals surface area contributed by atoms with Gasteiger partial charge in [0.05, 0.1) is 36.4 Å². The van der Waals surface area contributed by atoms with E-state index in [0.29, 0.717) is 31.3 Å². The van der Waals surface area contributed by atoms with E-state index in [-0.39, 0.29) is 73.3 Å². The SMILES string of the molecule is C=C1CC[C@@H]2O[C@@H]1CC/C(C)=C/[C@@H]1C(=C(C)C[C@H]3C(=O)C[C@H](C)CCC[C@H](C)C(=O)C[C@H](C(C)C)C(=O)C[C@@]13C(=O)OC)[C@H](O)C[C@@]2(C)O. The van der Waals surface area contributed by atoms with Gasteiger partial charge in [0.25, 0.3) is 0 Å². The van der Waals surface area contributed by atoms with Crippen molar-refractivity contribution in [3.8, 4) is 0 Å². The molecule has 4 aliphatic rings. The van der Waals surface area contributed by atoms with Crippen LogP contribution in [0.4, 0.5) is 0 Å². The number of fused-ring (bicyclic) bond motifs is 5. The van der Waals surface area contributed by atoms with Crippen molar-refractivity contribution in [1.82, 2.24) is 0 Å². The van der Waals surface area contributed by atoms with Gasteiger partial charge in [-0.2, -0.15) is 0 Å². The highest BCUT2D eigenvalue weighted by Crippen LogP contribution is 2.56. The Morgan fingerprint density at radius 1 is 1.00 bits per heavy atom. The summed E-state index contributed by atoms with van der Waals surface area (Å²) in [7, 11) is 1.30. The molecule has 49 heavy (non-hydrogen) atoms. The fraction of sp³-hybridized carbons (Fsp3) is 0.756. The topological polar surface area (TPSA) is 127 Å². The Morgan fingerprint density at radius 2 is 1.69 bits per heavy atom. The number of rotatable bonds is 2. The molecule has 2 aliphatic heterocycles. The van der Waals surface area contributed by atoms with Crippen molar-refractivity contribution in [2.45, 2.75) is 149 Å². The fourth-order valence-corrected chi connectivity index (χ4v) is 9.27. The minimum atomic E-state index is -1.64. The van der Waals surface area contributed by atoms with Gasteiger partial charge in [-0.15, -0.1) is 0 Å². The summed E-state index contributed by atoms with van der Waals surface area (Å²) in [4.78, 5) is 57.3. The average molecular weight is 683 g/mol. The summed E-state index contributed by atoms with van der Waals surface area (Å²) >= 11 is 0. The number of ether oxygens (including phenoxy) is 2. The Labute approximate surface area is 294 Å². The Kier molecular flexibility index (Phi) is 12.7. The summed E-state index contributed by atoms with van der Waals surface area (Å²) in [6.45, 7) is 17.6. The molecule has 1 saturated heterocycles. The molecule has 0 aromatic carbocycles. The van der Waals surface area contributed by atoms with E-state index in [0.717, 1.165) is 36.0 Å². The quantitative estimate of drug-likeness (QED) is 0.234. The maximum Gasteiger partial charge on any atom is 0.313 e. The van der Waals surface area contributed by atoms with Gasteiger partial charge in [0.1, 0.15) is 17.3 Å². The molecule has 0 aromatic heterocycles. The average Bonchev–Trinajstić information content (AvgIpc) is 3.02. The van der Waals surface area contributed by atoms with E-state index in [9.17, 15) is 29.4 Å². The molecule has 0 radical (unpaired) electrons. The summed E-state index contributed by atoms with van der Waals surface area (Å²) in [6.07, 6.45) is 5.01. The van der Waals surface area contributed by atoms with Crippen molar-refractivity contribution >= 4 is 23.3 Å². The minimum absolute atomic E-state index is 0.0275. The Balaban J connectivity index is 1.97. The summed E-state index contributed by atoms with van der Waals surface area (Å²) < 4.78 is 12.0. The summed E-state index contributed by atoms with van der Waals surface area (Å²) in [5.74, 6) is -3.59. The maximum atomic E-state index is 14.7. The number of allylic oxidation sites excluding steroid dienone is 3. The largest absolute Gasteiger partial charge is 0.469 e. The second-order valence-corrected chi connectivity index (χ2v) is 16.7. The molecule has 0 aromatic rings. The number of carbonyl (C=O) groups is 4. The Bertz CT molecular complexity index is 1350. The second-order valence-electron chi connectivity index (χ2n) is 16.7. The first-order valence-electron chi connectivity index (χ1n) is 18.7. The number of hydrogen-bond donors (Lipinski definition) is 2. The standard InChI is InChI=1S/C41H62O8/c1-23(2)29-20-32(42)26(5)12-10-11-24(3)18-33(43)30-19-28(7)38-31(41(30,22-34(29)44)39(46)48-9)17-25(4)13-15-36-27(6)14-16-37(49-36)40(8,47)21-35(38)45/h17,23-24,26,29-31,35-37,45,47H,6,10-16,18-22H2,1-5,7-9H3/b25-17+/t24-,26+,29-,30+,31-,35-,36-,37+,40-,41+/m1/s1. The highest BCUT2D eigenvalue weighted by molar-refractivity contribution is 5.97. The van der Waals surface area contributed by atoms with E-state index in [1.807, 2.05) is 47.6 Å². The molecule has 8 heteroatoms. The molecule has 4 rings (SSSR count). The fourth-order valence-electron chi connectivity index (χ4n) is 9.27. The van der Waals surface area contributed by atoms with Crippen molar-refractivity contribution in [2.75, 3.05) is 7.11 Å². The molecule has 0 unspecified atom stereocenters. The normalized spacial score (nSPS) is 40.3. The van der Waals surface area contributed by atoms with Gasteiger partial charge in [-0.3, -0.25) is 19.2 Å². The van der Waals surface area contributed by atoms with E-state index in [2.05, 4.69) is 6.58 Å². The van der Waals surface area contributed by atoms with Crippen molar-refractivity contribution in [2.24, 2.45) is 40.9 Å². The van der Waals surface area contributed by atoms with E-state index in [1.54, 1.807) is 6.92 Å². The lowest BCUT2D eigenvalue weighted by Crippen LogP contribution is -2.55. The van der Waals surface area contributed by atoms with Crippen LogP contribution in [0.1, 0.15) is 126 Å². The maximum absolute atomic E-state index is 14.7. The number of methoxy groups -OCH3 is 1. The number of hydrogen-bond acceptors (Lipinski definition) is 8. The van der Waals surface area contributed by atoms with Crippen molar-refractivity contribution < 1.29 is 38.9 Å². The Morgan fingerprint density at radius 3 is 2.35 bits per heavy atom. The Hall–Kier alpha value is -2.42. The number of carbonyl (C=O) groups excluding carboxylic acids is 4. The van der Waals surface area contributed by atoms with Crippen molar-refractivity contribution in [3.63, 3.8) is 0 Å². The molecule has 8 nitrogen and oxygen atoms in total. The van der Waals surface area contributed by atoms with Crippen molar-refractivity contribution in [3.05, 3.63) is 34.9 Å². The molecular weight excluding hydrogens is 620 g/mol. The highest BCUT2D eigenvalue weighted by Gasteiger charge is 2.60. The van der Waals surface area contributed by atoms with E-state index < -0.39 is 46.9 Å². The van der Waals surface area contributed by atoms with Gasteiger partial charge >= 0.3 is 5.97 Å². The third-order valence-corrected chi connectivity index (χ3v) is 12.4. The summed E-state index contributed by atoms with van der Waals surface area (Å²) in [5.41, 5.74) is 0.213. The first-order chi connectivity index (χ1) is 22.9. The number of aliphatic hydroxyl groups excluding tert-OH is 1. The smallest absolute Gasteiger partial charge is 0.313 e. The zero-order chi connectivity index (χ0) is 36.4. The molecule has 2 bridgehead atoms. The number of esters is 1. The van der Waals surface area contributed by atoms with Crippen LogP contribution in [0, 0.1) is 40.9 Å². The van der Waals surface area contributed by atoms with Gasteiger partial charge in [0, 0.05) is 49.4 Å². The first-order valence-corrected chi connectivity index (χ1v) is 18.7. The minimum Gasteiger partial charge on any atom is -0.469 e. The van der Waals surface area contributed by atoms with Crippen LogP contribution in [0.2, 0.25) is 0 Å². The molecule has 1 saturated carbocycles. The monoisotopic (exact) mass is 682 g/mol. The summed E-state index contributed by atoms with van der Waals surface area (Å²) in [6, 6.07) is 0. The molecule has 2 fully saturated rings. The van der Waals surface area contributed by atoms with E-state index in [4.69, 9.17) is 9.47 Å². The number of Topliss-reactive ketones (excluding diaryl/α,β-unsaturated/α-hetero) is 3. The lowest BCUT2D eigenvalue weighted by Gasteiger charge is -2.50. The van der Waals surface area contributed by atoms with Crippen LogP contribution in [-0.4, -0.2) is 64.6 Å². The summed E-state index contributed by atoms with van der Waals surface area (Å²) in [5, 5.41) is 24.0. The molecule has 10 atom stereocenters. The zero-order valence-electron chi connectivity index (χ0n) is 31.3. The van der Waals surface area contributed by atoms with E-state index >= 15 is 0 Å². The van der Waals surface area contributed by atoms with Gasteiger partial charge in [0.2, 0.25) is 0 Å². The van der Waals surface area contributed by atoms with Gasteiger partial charge in [-0.25, -0.2) is 0 Å². The first kappa shape index (κ1) is 39.4. The molecule has 0 amide bonds. The number of ketones is 3. The van der Waals surface area contributed by atoms with Gasteiger partial charge in [-0.05, 0) is 82.3 Å². The van der Waals surface area contributed by atoms with E-state index in [1.165, 1.54) is 7.11 Å². The molecular formula is C41H62O8. The van der Waals surface area contributed by atoms with Gasteiger partial charge in [0.15, 0.2) is 0 Å². The predicted octanol–water partition coefficient (Wildman–Crippen LogP) is 7.05. The molecule has 2 heterocycles. The van der Waals surface area contributed by atoms with Gasteiger partial charge in [-0.1, -0.05) is 64.3 Å². The van der Waals surface area contributed by atoms with Crippen LogP contribution >= 0.6 is 0 Å². The lowest BCUT2D eigenvalue weighted by molar-refractivity contribution is -0.167. The highest BCUT2D eigenvalue weighted by atomic mass is 16.5. The van der Waals surface area contributed by atoms with Crippen LogP contribution in [0.25, 0.3) is 0 Å². The molecule has 274 valence electrons. The molecule has 2 aliphatic carbocycles. The lowest BCUT2D eigenvalue weighted by atomic mass is 9.52.